The molecule has 1 aliphatic rings. The van der Waals surface area contributed by atoms with Gasteiger partial charge in [0.1, 0.15) is 0 Å². The van der Waals surface area contributed by atoms with E-state index in [-0.39, 0.29) is 6.16 Å². The number of nitrogens with one attached hydrogen (secondary N) is 1. The summed E-state index contributed by atoms with van der Waals surface area (Å²) in [5, 5.41) is 2.09. The second-order valence-corrected chi connectivity index (χ2v) is 6.33. The van der Waals surface area contributed by atoms with E-state index in [0.717, 1.165) is 13.1 Å². The van der Waals surface area contributed by atoms with Crippen molar-refractivity contribution in [2.75, 3.05) is 25.8 Å². The van der Waals surface area contributed by atoms with Crippen molar-refractivity contribution >= 4 is 15.9 Å². The first kappa shape index (κ1) is 14.2. The SMILES string of the molecule is O=[P+](CCCNN1CCCC1)OP(=O)(O)O. The van der Waals surface area contributed by atoms with Gasteiger partial charge in [-0.05, 0) is 21.7 Å². The number of phosphoric acid groups is 1. The summed E-state index contributed by atoms with van der Waals surface area (Å²) >= 11 is 0. The summed E-state index contributed by atoms with van der Waals surface area (Å²) < 4.78 is 25.4. The Morgan fingerprint density at radius 1 is 1.38 bits per heavy atom. The molecule has 1 rings (SSSR count). The van der Waals surface area contributed by atoms with Crippen LogP contribution < -0.4 is 5.43 Å². The maximum Gasteiger partial charge on any atom is 0.518 e. The van der Waals surface area contributed by atoms with Crippen molar-refractivity contribution in [3.05, 3.63) is 0 Å². The van der Waals surface area contributed by atoms with Crippen molar-refractivity contribution in [2.24, 2.45) is 0 Å². The molecule has 0 aliphatic carbocycles. The molecule has 0 spiro atoms. The predicted molar refractivity (Wildman–Crippen MR) is 59.0 cm³/mol. The maximum atomic E-state index is 11.0. The van der Waals surface area contributed by atoms with Gasteiger partial charge in [0, 0.05) is 26.1 Å². The summed E-state index contributed by atoms with van der Waals surface area (Å²) in [6, 6.07) is 0. The molecule has 3 N–H and O–H groups in total. The third-order valence-electron chi connectivity index (χ3n) is 2.16. The van der Waals surface area contributed by atoms with E-state index in [9.17, 15) is 9.13 Å². The van der Waals surface area contributed by atoms with Gasteiger partial charge in [0.2, 0.25) is 0 Å². The molecule has 1 unspecified atom stereocenters. The van der Waals surface area contributed by atoms with Gasteiger partial charge >= 0.3 is 15.9 Å². The minimum absolute atomic E-state index is 0.154. The van der Waals surface area contributed by atoms with Crippen LogP contribution in [0.3, 0.4) is 0 Å². The molecule has 1 heterocycles. The van der Waals surface area contributed by atoms with Gasteiger partial charge in [0.25, 0.3) is 0 Å². The summed E-state index contributed by atoms with van der Waals surface area (Å²) in [6.45, 7) is 2.68. The van der Waals surface area contributed by atoms with E-state index in [0.29, 0.717) is 13.0 Å². The highest BCUT2D eigenvalue weighted by atomic mass is 31.2. The van der Waals surface area contributed by atoms with Crippen LogP contribution >= 0.6 is 15.9 Å². The third-order valence-corrected chi connectivity index (χ3v) is 4.42. The van der Waals surface area contributed by atoms with Crippen LogP contribution in [0, 0.1) is 0 Å². The molecule has 1 saturated heterocycles. The Hall–Kier alpha value is 0.130. The largest absolute Gasteiger partial charge is 0.518 e. The summed E-state index contributed by atoms with van der Waals surface area (Å²) in [6.07, 6.45) is 3.08. The van der Waals surface area contributed by atoms with Gasteiger partial charge in [-0.2, -0.15) is 0 Å². The molecule has 7 nitrogen and oxygen atoms in total. The highest BCUT2D eigenvalue weighted by Gasteiger charge is 2.30. The van der Waals surface area contributed by atoms with Crippen LogP contribution in [-0.2, 0) is 13.4 Å². The lowest BCUT2D eigenvalue weighted by Gasteiger charge is -2.14. The topological polar surface area (TPSA) is 99.1 Å². The molecular weight excluding hydrogens is 254 g/mol. The zero-order valence-corrected chi connectivity index (χ0v) is 10.7. The Balaban J connectivity index is 2.02. The van der Waals surface area contributed by atoms with E-state index in [1.165, 1.54) is 12.8 Å². The lowest BCUT2D eigenvalue weighted by molar-refractivity contribution is 0.236. The highest BCUT2D eigenvalue weighted by Crippen LogP contribution is 2.47. The summed E-state index contributed by atoms with van der Waals surface area (Å²) in [4.78, 5) is 16.8. The van der Waals surface area contributed by atoms with Gasteiger partial charge in [-0.1, -0.05) is 0 Å². The van der Waals surface area contributed by atoms with E-state index in [1.54, 1.807) is 0 Å². The standard InChI is InChI=1S/C7H16N2O5P2/c10-15(14-16(11,12)13)7-3-4-8-9-5-1-2-6-9/h8H,1-7H2,(H-,11,12,13)/p+1. The Morgan fingerprint density at radius 3 is 2.56 bits per heavy atom. The molecule has 1 fully saturated rings. The molecule has 9 heteroatoms. The average Bonchev–Trinajstić information content (AvgIpc) is 2.62. The molecule has 0 aromatic rings. The van der Waals surface area contributed by atoms with Crippen LogP contribution in [0.1, 0.15) is 19.3 Å². The van der Waals surface area contributed by atoms with Gasteiger partial charge in [0.15, 0.2) is 6.16 Å². The molecule has 16 heavy (non-hydrogen) atoms. The van der Waals surface area contributed by atoms with Gasteiger partial charge < -0.3 is 9.79 Å². The Kier molecular flexibility index (Phi) is 6.00. The average molecular weight is 271 g/mol. The molecule has 0 aromatic heterocycles. The molecule has 0 bridgehead atoms. The molecule has 94 valence electrons. The second kappa shape index (κ2) is 6.77. The summed E-state index contributed by atoms with van der Waals surface area (Å²) in [5.41, 5.74) is 3.15. The van der Waals surface area contributed by atoms with Crippen molar-refractivity contribution in [3.63, 3.8) is 0 Å². The van der Waals surface area contributed by atoms with Crippen LogP contribution in [-0.4, -0.2) is 40.6 Å². The normalized spacial score (nSPS) is 19.0. The quantitative estimate of drug-likeness (QED) is 0.466. The molecule has 1 atom stereocenters. The second-order valence-electron chi connectivity index (χ2n) is 3.58. The number of hydrogen-bond acceptors (Lipinski definition) is 5. The summed E-state index contributed by atoms with van der Waals surface area (Å²) in [7, 11) is -6.87. The Morgan fingerprint density at radius 2 is 2.00 bits per heavy atom. The summed E-state index contributed by atoms with van der Waals surface area (Å²) in [5.74, 6) is 0. The fraction of sp³-hybridized carbons (Fsp3) is 1.00. The van der Waals surface area contributed by atoms with Crippen LogP contribution in [0.25, 0.3) is 0 Å². The lowest BCUT2D eigenvalue weighted by Crippen LogP contribution is -2.36. The van der Waals surface area contributed by atoms with Gasteiger partial charge in [-0.15, -0.1) is 0 Å². The van der Waals surface area contributed by atoms with Crippen molar-refractivity contribution in [2.45, 2.75) is 19.3 Å². The van der Waals surface area contributed by atoms with E-state index in [4.69, 9.17) is 9.79 Å². The van der Waals surface area contributed by atoms with E-state index in [2.05, 4.69) is 14.7 Å². The van der Waals surface area contributed by atoms with E-state index in [1.807, 2.05) is 0 Å². The van der Waals surface area contributed by atoms with E-state index < -0.39 is 15.9 Å². The monoisotopic (exact) mass is 271 g/mol. The van der Waals surface area contributed by atoms with Gasteiger partial charge in [0.05, 0.1) is 0 Å². The van der Waals surface area contributed by atoms with Crippen molar-refractivity contribution in [3.8, 4) is 0 Å². The zero-order valence-electron chi connectivity index (χ0n) is 8.91. The highest BCUT2D eigenvalue weighted by molar-refractivity contribution is 7.57. The Labute approximate surface area is 95.2 Å². The number of nitrogens with zero attached hydrogens (tertiary/aromatic N) is 1. The lowest BCUT2D eigenvalue weighted by atomic mass is 10.4. The molecule has 0 saturated carbocycles. The predicted octanol–water partition coefficient (Wildman–Crippen LogP) is 0.829. The maximum absolute atomic E-state index is 11.0. The number of rotatable bonds is 7. The first-order valence-electron chi connectivity index (χ1n) is 5.16. The van der Waals surface area contributed by atoms with Crippen molar-refractivity contribution in [1.82, 2.24) is 10.4 Å². The first-order chi connectivity index (χ1) is 7.47. The first-order valence-corrected chi connectivity index (χ1v) is 8.05. The van der Waals surface area contributed by atoms with Crippen LogP contribution in [0.5, 0.6) is 0 Å². The smallest absolute Gasteiger partial charge is 0.300 e. The Bertz CT molecular complexity index is 276. The molecule has 0 amide bonds. The van der Waals surface area contributed by atoms with Crippen LogP contribution in [0.4, 0.5) is 0 Å². The minimum Gasteiger partial charge on any atom is -0.300 e. The third kappa shape index (κ3) is 6.66. The van der Waals surface area contributed by atoms with Crippen LogP contribution in [0.2, 0.25) is 0 Å². The molecular formula is C7H17N2O5P2+. The molecule has 1 aliphatic heterocycles. The minimum atomic E-state index is -4.61. The fourth-order valence-electron chi connectivity index (χ4n) is 1.48. The number of hydrazine groups is 1. The van der Waals surface area contributed by atoms with Crippen LogP contribution in [0.15, 0.2) is 0 Å². The number of hydrogen-bond donors (Lipinski definition) is 3. The molecule has 0 aromatic carbocycles. The van der Waals surface area contributed by atoms with E-state index >= 15 is 0 Å². The van der Waals surface area contributed by atoms with Crippen molar-refractivity contribution in [1.29, 1.82) is 0 Å². The van der Waals surface area contributed by atoms with Gasteiger partial charge in [-0.25, -0.2) is 9.57 Å². The zero-order chi connectivity index (χ0) is 12.0. The van der Waals surface area contributed by atoms with Gasteiger partial charge in [-0.3, -0.25) is 5.43 Å². The van der Waals surface area contributed by atoms with Crippen molar-refractivity contribution < 1.29 is 23.2 Å². The molecule has 0 radical (unpaired) electrons. The fourth-order valence-corrected chi connectivity index (χ4v) is 3.17.